The van der Waals surface area contributed by atoms with Gasteiger partial charge in [0.15, 0.2) is 11.6 Å². The monoisotopic (exact) mass is 1460 g/mol. The predicted molar refractivity (Wildman–Crippen MR) is 385 cm³/mol. The molecule has 4 N–H and O–H groups in total. The molecule has 552 valence electrons. The van der Waals surface area contributed by atoms with E-state index in [0.717, 1.165) is 93.2 Å². The second-order valence-electron chi connectivity index (χ2n) is 26.8. The average Bonchev–Trinajstić information content (AvgIpc) is 0.863. The third-order valence-corrected chi connectivity index (χ3v) is 19.1. The van der Waals surface area contributed by atoms with E-state index in [1.165, 1.54) is 78.9 Å². The lowest BCUT2D eigenvalue weighted by molar-refractivity contribution is 0.181. The normalized spacial score (nSPS) is 15.1. The zero-order chi connectivity index (χ0) is 74.7. The molecule has 4 saturated heterocycles. The maximum Gasteiger partial charge on any atom is 0.321 e. The van der Waals surface area contributed by atoms with Crippen LogP contribution in [0.5, 0.6) is 0 Å². The van der Waals surface area contributed by atoms with Gasteiger partial charge in [0.2, 0.25) is 22.2 Å². The van der Waals surface area contributed by atoms with E-state index in [0.29, 0.717) is 122 Å². The Hall–Kier alpha value is -10.4. The van der Waals surface area contributed by atoms with Crippen molar-refractivity contribution in [3.63, 3.8) is 0 Å². The maximum atomic E-state index is 13.8. The van der Waals surface area contributed by atoms with Crippen molar-refractivity contribution in [1.82, 2.24) is 37.9 Å². The van der Waals surface area contributed by atoms with E-state index in [2.05, 4.69) is 21.3 Å². The number of nitrogens with one attached hydrogen (secondary N) is 4. The van der Waals surface area contributed by atoms with Gasteiger partial charge in [0, 0.05) is 141 Å². The highest BCUT2D eigenvalue weighted by Gasteiger charge is 2.28. The van der Waals surface area contributed by atoms with Crippen molar-refractivity contribution in [3.8, 4) is 0 Å². The van der Waals surface area contributed by atoms with Gasteiger partial charge in [0.1, 0.15) is 29.1 Å². The molecule has 28 heteroatoms. The van der Waals surface area contributed by atoms with Crippen LogP contribution in [0.4, 0.5) is 72.7 Å². The minimum Gasteiger partial charge on any atom is -0.325 e. The third kappa shape index (κ3) is 23.3. The molecule has 4 aromatic carbocycles. The van der Waals surface area contributed by atoms with Crippen LogP contribution in [-0.2, 0) is 53.9 Å². The van der Waals surface area contributed by atoms with Crippen molar-refractivity contribution in [2.45, 2.75) is 77.0 Å². The number of aryl methyl sites for hydroxylation is 4. The Balaban J connectivity index is 0.000000161. The van der Waals surface area contributed by atoms with Crippen LogP contribution in [0.2, 0.25) is 5.02 Å². The lowest BCUT2D eigenvalue weighted by Crippen LogP contribution is -2.41. The topological polar surface area (TPSA) is 217 Å². The molecule has 0 unspecified atom stereocenters. The van der Waals surface area contributed by atoms with Crippen LogP contribution in [-0.4, -0.2) is 114 Å². The summed E-state index contributed by atoms with van der Waals surface area (Å²) in [5, 5.41) is 11.6. The van der Waals surface area contributed by atoms with Crippen molar-refractivity contribution in [2.24, 2.45) is 51.9 Å². The van der Waals surface area contributed by atoms with E-state index < -0.39 is 29.1 Å². The van der Waals surface area contributed by atoms with Gasteiger partial charge >= 0.3 is 24.1 Å². The van der Waals surface area contributed by atoms with E-state index in [4.69, 9.17) is 11.6 Å². The molecule has 0 spiro atoms. The zero-order valence-corrected chi connectivity index (χ0v) is 58.9. The molecule has 20 nitrogen and oxygen atoms in total. The summed E-state index contributed by atoms with van der Waals surface area (Å²) in [5.74, 6) is -2.68. The summed E-state index contributed by atoms with van der Waals surface area (Å²) < 4.78 is 99.0. The van der Waals surface area contributed by atoms with Crippen LogP contribution in [0.25, 0.3) is 0 Å². The molecular formula is C76H84ClF7N12O8. The Bertz CT molecular complexity index is 4400. The Kier molecular flexibility index (Phi) is 27.4. The molecule has 8 aromatic rings. The fourth-order valence-electron chi connectivity index (χ4n) is 13.0. The fourth-order valence-corrected chi connectivity index (χ4v) is 13.2. The van der Waals surface area contributed by atoms with Crippen LogP contribution in [0.1, 0.15) is 73.6 Å². The van der Waals surface area contributed by atoms with E-state index in [1.54, 1.807) is 109 Å². The van der Waals surface area contributed by atoms with Gasteiger partial charge in [-0.25, -0.2) is 49.9 Å². The molecule has 4 aromatic heterocycles. The summed E-state index contributed by atoms with van der Waals surface area (Å²) in [5.41, 5.74) is 4.44. The largest absolute Gasteiger partial charge is 0.325 e. The average molecular weight is 1460 g/mol. The summed E-state index contributed by atoms with van der Waals surface area (Å²) in [7, 11) is 6.51. The van der Waals surface area contributed by atoms with Gasteiger partial charge in [-0.15, -0.1) is 0 Å². The quantitative estimate of drug-likeness (QED) is 0.0861. The van der Waals surface area contributed by atoms with Gasteiger partial charge in [-0.1, -0.05) is 17.7 Å². The lowest BCUT2D eigenvalue weighted by atomic mass is 9.90. The van der Waals surface area contributed by atoms with Crippen molar-refractivity contribution >= 4 is 58.5 Å². The molecule has 0 saturated carbocycles. The SMILES string of the molecule is Cn1cc(NC(=O)N2CCC(Cc3cc(F)cc(Cl)c3)CC2)ccc1=O.Cn1cc(NC(=O)N2CCC(Cc3cc(F)cc(F)c3)CC2)ccc1=O.Cn1cc(NC(=O)N2CCC(Cc3cc(F)ccc3F)CC2)ccc1=O.Cn1cc(NC(=O)N2CCC(Cc3ccc(F)c(F)c3)CC2)ccc1=O. The van der Waals surface area contributed by atoms with Crippen LogP contribution >= 0.6 is 11.6 Å². The van der Waals surface area contributed by atoms with Gasteiger partial charge in [0.25, 0.3) is 0 Å². The first-order valence-electron chi connectivity index (χ1n) is 34.3. The van der Waals surface area contributed by atoms with Gasteiger partial charge < -0.3 is 59.1 Å². The number of carbonyl (C=O) groups is 4. The van der Waals surface area contributed by atoms with Crippen molar-refractivity contribution in [1.29, 1.82) is 0 Å². The van der Waals surface area contributed by atoms with Gasteiger partial charge in [-0.3, -0.25) is 19.2 Å². The molecule has 0 bridgehead atoms. The standard InChI is InChI=1S/C19H21ClFN3O2.3C19H21F2N3O2/c1-23-12-17(2-3-18(23)25)22-19(26)24-6-4-13(5-7-24)8-14-9-15(20)11-16(21)10-14;1-23-12-16(3-5-18(23)25)22-19(26)24-8-6-13(7-9-24)10-14-11-15(20)2-4-17(14)21;1-23-12-15(3-5-18(23)25)22-19(26)24-8-6-13(7-9-24)10-14-2-4-16(20)17(21)11-14;1-23-12-17(2-3-18(23)25)22-19(26)24-6-4-13(5-7-24)8-14-9-15(20)11-16(21)10-14/h2-3,9-13H,4-8H2,1H3,(H,22,26);2*2-5,11-13H,6-10H2,1H3,(H,22,26);2-3,9-13H,4-8H2,1H3,(H,22,26). The Morgan fingerprint density at radius 3 is 0.971 bits per heavy atom. The number of urea groups is 4. The van der Waals surface area contributed by atoms with E-state index in [1.807, 2.05) is 0 Å². The fraction of sp³-hybridized carbons (Fsp3) is 0.368. The predicted octanol–water partition coefficient (Wildman–Crippen LogP) is 13.1. The molecular weight excluding hydrogens is 1380 g/mol. The molecule has 4 fully saturated rings. The summed E-state index contributed by atoms with van der Waals surface area (Å²) >= 11 is 5.91. The number of likely N-dealkylation sites (tertiary alicyclic amines) is 4. The number of pyridine rings is 4. The van der Waals surface area contributed by atoms with Crippen molar-refractivity contribution < 1.29 is 49.9 Å². The summed E-state index contributed by atoms with van der Waals surface area (Å²) in [6.45, 7) is 4.77. The van der Waals surface area contributed by atoms with E-state index >= 15 is 0 Å². The van der Waals surface area contributed by atoms with Crippen molar-refractivity contribution in [3.05, 3.63) is 256 Å². The number of piperidine rings is 4. The zero-order valence-electron chi connectivity index (χ0n) is 58.2. The van der Waals surface area contributed by atoms with Gasteiger partial charge in [-0.05, 0) is 208 Å². The molecule has 12 rings (SSSR count). The number of nitrogens with zero attached hydrogens (tertiary/aromatic N) is 8. The van der Waals surface area contributed by atoms with Gasteiger partial charge in [0.05, 0.1) is 22.7 Å². The Morgan fingerprint density at radius 2 is 0.644 bits per heavy atom. The highest BCUT2D eigenvalue weighted by atomic mass is 35.5. The smallest absolute Gasteiger partial charge is 0.321 e. The number of carbonyl (C=O) groups excluding carboxylic acids is 4. The number of anilines is 4. The van der Waals surface area contributed by atoms with Crippen molar-refractivity contribution in [2.75, 3.05) is 73.6 Å². The Labute approximate surface area is 601 Å². The Morgan fingerprint density at radius 1 is 0.337 bits per heavy atom. The molecule has 104 heavy (non-hydrogen) atoms. The minimum absolute atomic E-state index is 0.124. The van der Waals surface area contributed by atoms with E-state index in [9.17, 15) is 69.1 Å². The summed E-state index contributed by atoms with van der Waals surface area (Å²) in [6.07, 6.45) is 15.2. The van der Waals surface area contributed by atoms with Gasteiger partial charge in [-0.2, -0.15) is 0 Å². The maximum absolute atomic E-state index is 13.8. The molecule has 4 aliphatic heterocycles. The second kappa shape index (κ2) is 36.6. The number of rotatable bonds is 12. The first kappa shape index (κ1) is 77.7. The van der Waals surface area contributed by atoms with Crippen LogP contribution < -0.4 is 43.5 Å². The first-order valence-corrected chi connectivity index (χ1v) is 34.7. The summed E-state index contributed by atoms with van der Waals surface area (Å²) in [4.78, 5) is 102. The molecule has 0 aliphatic carbocycles. The highest BCUT2D eigenvalue weighted by Crippen LogP contribution is 2.29. The molecule has 0 radical (unpaired) electrons. The van der Waals surface area contributed by atoms with Crippen LogP contribution in [0, 0.1) is 64.4 Å². The number of amides is 8. The summed E-state index contributed by atoms with van der Waals surface area (Å²) in [6, 6.07) is 26.9. The molecule has 4 aliphatic rings. The molecule has 8 heterocycles. The number of aromatic nitrogens is 4. The third-order valence-electron chi connectivity index (χ3n) is 18.9. The number of hydrogen-bond donors (Lipinski definition) is 4. The second-order valence-corrected chi connectivity index (χ2v) is 27.2. The number of hydrogen-bond acceptors (Lipinski definition) is 8. The first-order chi connectivity index (χ1) is 49.6. The molecule has 8 amide bonds. The number of halogens is 8. The minimum atomic E-state index is -0.835. The van der Waals surface area contributed by atoms with E-state index in [-0.39, 0.29) is 69.8 Å². The van der Waals surface area contributed by atoms with Crippen LogP contribution in [0.3, 0.4) is 0 Å². The highest BCUT2D eigenvalue weighted by molar-refractivity contribution is 6.30. The number of benzene rings is 4. The molecule has 0 atom stereocenters. The van der Waals surface area contributed by atoms with Crippen LogP contribution in [0.15, 0.2) is 165 Å². The lowest BCUT2D eigenvalue weighted by Gasteiger charge is -2.32.